The predicted octanol–water partition coefficient (Wildman–Crippen LogP) is 3.14. The third kappa shape index (κ3) is 2.55. The minimum Gasteiger partial charge on any atom is -0.508 e. The monoisotopic (exact) mass is 283 g/mol. The summed E-state index contributed by atoms with van der Waals surface area (Å²) in [4.78, 5) is 11.8. The molecule has 1 amide bonds. The number of benzene rings is 1. The van der Waals surface area contributed by atoms with E-state index in [1.54, 1.807) is 18.2 Å². The topological polar surface area (TPSA) is 49.3 Å². The van der Waals surface area contributed by atoms with Crippen LogP contribution in [-0.2, 0) is 4.79 Å². The highest BCUT2D eigenvalue weighted by molar-refractivity contribution is 9.10. The summed E-state index contributed by atoms with van der Waals surface area (Å²) in [6.07, 6.45) is 2.32. The molecule has 0 aliphatic heterocycles. The van der Waals surface area contributed by atoms with Crippen molar-refractivity contribution in [2.24, 2.45) is 11.8 Å². The number of nitrogens with one attached hydrogen (secondary N) is 1. The summed E-state index contributed by atoms with van der Waals surface area (Å²) >= 11 is 3.30. The lowest BCUT2D eigenvalue weighted by molar-refractivity contribution is -0.119. The third-order valence-corrected chi connectivity index (χ3v) is 3.61. The molecule has 1 aromatic carbocycles. The zero-order chi connectivity index (χ0) is 11.7. The second kappa shape index (κ2) is 4.45. The molecule has 86 valence electrons. The number of halogens is 1. The standard InChI is InChI=1S/C12H14BrNO2/c1-7(8-2-3-8)12(16)14-11-5-4-9(15)6-10(11)13/h4-8,15H,2-3H2,1H3,(H,14,16). The van der Waals surface area contributed by atoms with Crippen LogP contribution in [0.2, 0.25) is 0 Å². The van der Waals surface area contributed by atoms with Crippen molar-refractivity contribution in [3.63, 3.8) is 0 Å². The smallest absolute Gasteiger partial charge is 0.227 e. The molecule has 1 saturated carbocycles. The Morgan fingerprint density at radius 1 is 1.56 bits per heavy atom. The molecule has 0 radical (unpaired) electrons. The Balaban J connectivity index is 2.05. The van der Waals surface area contributed by atoms with Gasteiger partial charge in [-0.3, -0.25) is 4.79 Å². The van der Waals surface area contributed by atoms with Gasteiger partial charge in [0, 0.05) is 10.4 Å². The first-order valence-corrected chi connectivity index (χ1v) is 6.16. The maximum Gasteiger partial charge on any atom is 0.227 e. The highest BCUT2D eigenvalue weighted by atomic mass is 79.9. The minimum atomic E-state index is 0.0499. The Bertz CT molecular complexity index is 415. The number of hydrogen-bond acceptors (Lipinski definition) is 2. The maximum atomic E-state index is 11.8. The van der Waals surface area contributed by atoms with Gasteiger partial charge in [0.05, 0.1) is 5.69 Å². The van der Waals surface area contributed by atoms with Crippen LogP contribution in [0.1, 0.15) is 19.8 Å². The number of carbonyl (C=O) groups is 1. The van der Waals surface area contributed by atoms with Gasteiger partial charge in [0.1, 0.15) is 5.75 Å². The van der Waals surface area contributed by atoms with Crippen LogP contribution in [0.3, 0.4) is 0 Å². The Morgan fingerprint density at radius 3 is 2.81 bits per heavy atom. The number of amides is 1. The molecule has 1 aromatic rings. The molecule has 2 N–H and O–H groups in total. The molecule has 1 aliphatic rings. The first-order chi connectivity index (χ1) is 7.58. The average Bonchev–Trinajstić information content (AvgIpc) is 3.04. The number of phenolic OH excluding ortho intramolecular Hbond substituents is 1. The van der Waals surface area contributed by atoms with E-state index < -0.39 is 0 Å². The normalized spacial score (nSPS) is 16.9. The van der Waals surface area contributed by atoms with Gasteiger partial charge in [-0.05, 0) is 52.9 Å². The molecule has 16 heavy (non-hydrogen) atoms. The van der Waals surface area contributed by atoms with Crippen LogP contribution in [0, 0.1) is 11.8 Å². The van der Waals surface area contributed by atoms with E-state index in [0.717, 1.165) is 12.8 Å². The van der Waals surface area contributed by atoms with E-state index in [9.17, 15) is 9.90 Å². The molecule has 0 saturated heterocycles. The Hall–Kier alpha value is -1.03. The molecule has 0 aromatic heterocycles. The number of rotatable bonds is 3. The Labute approximate surface area is 103 Å². The van der Waals surface area contributed by atoms with Crippen LogP contribution in [0.5, 0.6) is 5.75 Å². The first kappa shape index (κ1) is 11.5. The highest BCUT2D eigenvalue weighted by Crippen LogP contribution is 2.37. The third-order valence-electron chi connectivity index (χ3n) is 2.95. The molecule has 2 rings (SSSR count). The maximum absolute atomic E-state index is 11.8. The summed E-state index contributed by atoms with van der Waals surface area (Å²) in [5, 5.41) is 12.1. The summed E-state index contributed by atoms with van der Waals surface area (Å²) in [5.41, 5.74) is 0.704. The van der Waals surface area contributed by atoms with Gasteiger partial charge in [-0.2, -0.15) is 0 Å². The molecule has 3 nitrogen and oxygen atoms in total. The second-order valence-corrected chi connectivity index (χ2v) is 5.13. The van der Waals surface area contributed by atoms with Crippen LogP contribution in [0.4, 0.5) is 5.69 Å². The number of hydrogen-bond donors (Lipinski definition) is 2. The van der Waals surface area contributed by atoms with Crippen molar-refractivity contribution in [1.29, 1.82) is 0 Å². The number of anilines is 1. The Kier molecular flexibility index (Phi) is 3.19. The van der Waals surface area contributed by atoms with Gasteiger partial charge in [0.15, 0.2) is 0 Å². The number of carbonyl (C=O) groups excluding carboxylic acids is 1. The van der Waals surface area contributed by atoms with Gasteiger partial charge < -0.3 is 10.4 Å². The lowest BCUT2D eigenvalue weighted by atomic mass is 10.1. The molecule has 0 spiro atoms. The number of aromatic hydroxyl groups is 1. The summed E-state index contributed by atoms with van der Waals surface area (Å²) in [6, 6.07) is 4.82. The molecule has 0 bridgehead atoms. The largest absolute Gasteiger partial charge is 0.508 e. The van der Waals surface area contributed by atoms with E-state index in [-0.39, 0.29) is 17.6 Å². The minimum absolute atomic E-state index is 0.0499. The summed E-state index contributed by atoms with van der Waals surface area (Å²) < 4.78 is 0.698. The number of phenols is 1. The Morgan fingerprint density at radius 2 is 2.25 bits per heavy atom. The van der Waals surface area contributed by atoms with Crippen molar-refractivity contribution >= 4 is 27.5 Å². The van der Waals surface area contributed by atoms with Crippen molar-refractivity contribution in [2.45, 2.75) is 19.8 Å². The predicted molar refractivity (Wildman–Crippen MR) is 66.3 cm³/mol. The summed E-state index contributed by atoms with van der Waals surface area (Å²) in [6.45, 7) is 1.96. The lowest BCUT2D eigenvalue weighted by Crippen LogP contribution is -2.21. The van der Waals surface area contributed by atoms with E-state index in [2.05, 4.69) is 21.2 Å². The summed E-state index contributed by atoms with van der Waals surface area (Å²) in [5.74, 6) is 0.852. The fraction of sp³-hybridized carbons (Fsp3) is 0.417. The molecule has 1 aliphatic carbocycles. The molecule has 4 heteroatoms. The molecule has 1 atom stereocenters. The van der Waals surface area contributed by atoms with Gasteiger partial charge in [-0.15, -0.1) is 0 Å². The van der Waals surface area contributed by atoms with Gasteiger partial charge in [0.2, 0.25) is 5.91 Å². The average molecular weight is 284 g/mol. The van der Waals surface area contributed by atoms with Crippen molar-refractivity contribution in [3.8, 4) is 5.75 Å². The summed E-state index contributed by atoms with van der Waals surface area (Å²) in [7, 11) is 0. The van der Waals surface area contributed by atoms with Crippen molar-refractivity contribution in [3.05, 3.63) is 22.7 Å². The molecule has 1 unspecified atom stereocenters. The van der Waals surface area contributed by atoms with Gasteiger partial charge in [-0.25, -0.2) is 0 Å². The fourth-order valence-corrected chi connectivity index (χ4v) is 2.13. The van der Waals surface area contributed by atoms with Crippen LogP contribution in [0.15, 0.2) is 22.7 Å². The van der Waals surface area contributed by atoms with Crippen molar-refractivity contribution in [1.82, 2.24) is 0 Å². The van der Waals surface area contributed by atoms with Gasteiger partial charge >= 0.3 is 0 Å². The van der Waals surface area contributed by atoms with E-state index in [1.165, 1.54) is 0 Å². The van der Waals surface area contributed by atoms with Gasteiger partial charge in [-0.1, -0.05) is 6.92 Å². The molecular weight excluding hydrogens is 270 g/mol. The zero-order valence-corrected chi connectivity index (χ0v) is 10.6. The van der Waals surface area contributed by atoms with Crippen LogP contribution >= 0.6 is 15.9 Å². The van der Waals surface area contributed by atoms with E-state index in [4.69, 9.17) is 0 Å². The lowest BCUT2D eigenvalue weighted by Gasteiger charge is -2.12. The fourth-order valence-electron chi connectivity index (χ4n) is 1.66. The van der Waals surface area contributed by atoms with E-state index in [1.807, 2.05) is 6.92 Å². The van der Waals surface area contributed by atoms with Crippen LogP contribution < -0.4 is 5.32 Å². The first-order valence-electron chi connectivity index (χ1n) is 5.37. The van der Waals surface area contributed by atoms with Crippen molar-refractivity contribution < 1.29 is 9.90 Å². The van der Waals surface area contributed by atoms with Crippen LogP contribution in [-0.4, -0.2) is 11.0 Å². The molecular formula is C12H14BrNO2. The molecule has 0 heterocycles. The second-order valence-electron chi connectivity index (χ2n) is 4.28. The van der Waals surface area contributed by atoms with Gasteiger partial charge in [0.25, 0.3) is 0 Å². The van der Waals surface area contributed by atoms with Crippen LogP contribution in [0.25, 0.3) is 0 Å². The molecule has 1 fully saturated rings. The highest BCUT2D eigenvalue weighted by Gasteiger charge is 2.32. The van der Waals surface area contributed by atoms with E-state index in [0.29, 0.717) is 16.1 Å². The van der Waals surface area contributed by atoms with Crippen molar-refractivity contribution in [2.75, 3.05) is 5.32 Å². The SMILES string of the molecule is CC(C(=O)Nc1ccc(O)cc1Br)C1CC1. The zero-order valence-electron chi connectivity index (χ0n) is 9.03. The van der Waals surface area contributed by atoms with E-state index >= 15 is 0 Å². The quantitative estimate of drug-likeness (QED) is 0.838.